The maximum Gasteiger partial charge on any atom is 0.250 e. The van der Waals surface area contributed by atoms with E-state index in [0.717, 1.165) is 5.56 Å². The molecule has 0 aliphatic rings. The minimum absolute atomic E-state index is 0.181. The van der Waals surface area contributed by atoms with Gasteiger partial charge < -0.3 is 11.1 Å². The van der Waals surface area contributed by atoms with E-state index in [4.69, 9.17) is 5.73 Å². The summed E-state index contributed by atoms with van der Waals surface area (Å²) in [6.07, 6.45) is 0.258. The van der Waals surface area contributed by atoms with Crippen molar-refractivity contribution in [2.45, 2.75) is 6.42 Å². The number of hydrogen-bond donors (Lipinski definition) is 2. The average molecular weight is 254 g/mol. The molecule has 0 radical (unpaired) electrons. The Labute approximate surface area is 111 Å². The van der Waals surface area contributed by atoms with E-state index < -0.39 is 5.91 Å². The Morgan fingerprint density at radius 1 is 0.947 bits per heavy atom. The summed E-state index contributed by atoms with van der Waals surface area (Å²) in [6, 6.07) is 16.1. The van der Waals surface area contributed by atoms with Gasteiger partial charge in [-0.25, -0.2) is 0 Å². The van der Waals surface area contributed by atoms with E-state index in [-0.39, 0.29) is 12.3 Å². The molecule has 0 aliphatic carbocycles. The fraction of sp³-hybridized carbons (Fsp3) is 0.0667. The van der Waals surface area contributed by atoms with Gasteiger partial charge in [-0.3, -0.25) is 9.59 Å². The molecule has 19 heavy (non-hydrogen) atoms. The lowest BCUT2D eigenvalue weighted by atomic mass is 10.1. The third kappa shape index (κ3) is 3.42. The standard InChI is InChI=1S/C15H14N2O2/c16-15(19)12-8-4-5-9-13(12)17-14(18)10-11-6-2-1-3-7-11/h1-9H,10H2,(H2,16,19)(H,17,18). The predicted octanol–water partition coefficient (Wildman–Crippen LogP) is 1.97. The number of anilines is 1. The zero-order valence-corrected chi connectivity index (χ0v) is 10.3. The average Bonchev–Trinajstić information content (AvgIpc) is 2.40. The number of rotatable bonds is 4. The van der Waals surface area contributed by atoms with Crippen LogP contribution in [0, 0.1) is 0 Å². The Morgan fingerprint density at radius 2 is 1.58 bits per heavy atom. The molecular weight excluding hydrogens is 240 g/mol. The first-order chi connectivity index (χ1) is 9.16. The maximum absolute atomic E-state index is 11.9. The van der Waals surface area contributed by atoms with Crippen molar-refractivity contribution >= 4 is 17.5 Å². The monoisotopic (exact) mass is 254 g/mol. The van der Waals surface area contributed by atoms with Crippen LogP contribution in [0.2, 0.25) is 0 Å². The highest BCUT2D eigenvalue weighted by Crippen LogP contribution is 2.14. The SMILES string of the molecule is NC(=O)c1ccccc1NC(=O)Cc1ccccc1. The van der Waals surface area contributed by atoms with Crippen LogP contribution in [0.15, 0.2) is 54.6 Å². The first kappa shape index (κ1) is 12.8. The molecule has 2 aromatic rings. The second kappa shape index (κ2) is 5.82. The van der Waals surface area contributed by atoms with E-state index in [1.165, 1.54) is 0 Å². The molecule has 4 heteroatoms. The smallest absolute Gasteiger partial charge is 0.250 e. The minimum Gasteiger partial charge on any atom is -0.366 e. The molecule has 0 saturated heterocycles. The first-order valence-electron chi connectivity index (χ1n) is 5.89. The molecule has 0 spiro atoms. The highest BCUT2D eigenvalue weighted by Gasteiger charge is 2.10. The van der Waals surface area contributed by atoms with Crippen molar-refractivity contribution in [3.8, 4) is 0 Å². The topological polar surface area (TPSA) is 72.2 Å². The Balaban J connectivity index is 2.09. The molecule has 2 amide bonds. The molecule has 0 aromatic heterocycles. The zero-order valence-electron chi connectivity index (χ0n) is 10.3. The second-order valence-corrected chi connectivity index (χ2v) is 4.12. The van der Waals surface area contributed by atoms with Crippen LogP contribution in [0.3, 0.4) is 0 Å². The molecule has 96 valence electrons. The van der Waals surface area contributed by atoms with E-state index in [9.17, 15) is 9.59 Å². The number of amides is 2. The second-order valence-electron chi connectivity index (χ2n) is 4.12. The van der Waals surface area contributed by atoms with Gasteiger partial charge in [0.05, 0.1) is 17.7 Å². The highest BCUT2D eigenvalue weighted by molar-refractivity contribution is 6.03. The van der Waals surface area contributed by atoms with Crippen LogP contribution in [0.4, 0.5) is 5.69 Å². The van der Waals surface area contributed by atoms with Crippen LogP contribution >= 0.6 is 0 Å². The van der Waals surface area contributed by atoms with Crippen molar-refractivity contribution in [2.75, 3.05) is 5.32 Å². The van der Waals surface area contributed by atoms with E-state index in [0.29, 0.717) is 11.3 Å². The Bertz CT molecular complexity index is 594. The summed E-state index contributed by atoms with van der Waals surface area (Å²) in [7, 11) is 0. The van der Waals surface area contributed by atoms with E-state index in [1.54, 1.807) is 24.3 Å². The van der Waals surface area contributed by atoms with Gasteiger partial charge in [0.25, 0.3) is 5.91 Å². The van der Waals surface area contributed by atoms with Crippen LogP contribution in [0.25, 0.3) is 0 Å². The van der Waals surface area contributed by atoms with E-state index >= 15 is 0 Å². The van der Waals surface area contributed by atoms with Crippen molar-refractivity contribution in [1.82, 2.24) is 0 Å². The highest BCUT2D eigenvalue weighted by atomic mass is 16.2. The number of carbonyl (C=O) groups excluding carboxylic acids is 2. The maximum atomic E-state index is 11.9. The Kier molecular flexibility index (Phi) is 3.93. The fourth-order valence-corrected chi connectivity index (χ4v) is 1.78. The first-order valence-corrected chi connectivity index (χ1v) is 5.89. The number of carbonyl (C=O) groups is 2. The number of para-hydroxylation sites is 1. The van der Waals surface area contributed by atoms with Gasteiger partial charge in [-0.05, 0) is 17.7 Å². The lowest BCUT2D eigenvalue weighted by Gasteiger charge is -2.08. The minimum atomic E-state index is -0.560. The van der Waals surface area contributed by atoms with Gasteiger partial charge in [0.15, 0.2) is 0 Å². The van der Waals surface area contributed by atoms with E-state index in [1.807, 2.05) is 30.3 Å². The van der Waals surface area contributed by atoms with Gasteiger partial charge in [0, 0.05) is 0 Å². The Morgan fingerprint density at radius 3 is 2.26 bits per heavy atom. The van der Waals surface area contributed by atoms with Crippen molar-refractivity contribution in [3.05, 3.63) is 65.7 Å². The number of primary amides is 1. The van der Waals surface area contributed by atoms with Crippen LogP contribution in [0.1, 0.15) is 15.9 Å². The normalized spacial score (nSPS) is 9.89. The fourth-order valence-electron chi connectivity index (χ4n) is 1.78. The van der Waals surface area contributed by atoms with Gasteiger partial charge in [-0.2, -0.15) is 0 Å². The van der Waals surface area contributed by atoms with Crippen molar-refractivity contribution < 1.29 is 9.59 Å². The lowest BCUT2D eigenvalue weighted by molar-refractivity contribution is -0.115. The molecule has 2 rings (SSSR count). The molecule has 0 saturated carbocycles. The van der Waals surface area contributed by atoms with Gasteiger partial charge >= 0.3 is 0 Å². The number of benzene rings is 2. The molecule has 0 atom stereocenters. The molecule has 0 heterocycles. The van der Waals surface area contributed by atoms with Crippen LogP contribution in [0.5, 0.6) is 0 Å². The molecular formula is C15H14N2O2. The molecule has 4 nitrogen and oxygen atoms in total. The number of nitrogens with one attached hydrogen (secondary N) is 1. The van der Waals surface area contributed by atoms with Crippen LogP contribution in [-0.4, -0.2) is 11.8 Å². The lowest BCUT2D eigenvalue weighted by Crippen LogP contribution is -2.19. The summed E-state index contributed by atoms with van der Waals surface area (Å²) in [6.45, 7) is 0. The molecule has 0 aliphatic heterocycles. The van der Waals surface area contributed by atoms with Crippen molar-refractivity contribution in [3.63, 3.8) is 0 Å². The quantitative estimate of drug-likeness (QED) is 0.875. The number of nitrogens with two attached hydrogens (primary N) is 1. The number of hydrogen-bond acceptors (Lipinski definition) is 2. The molecule has 0 fully saturated rings. The van der Waals surface area contributed by atoms with Gasteiger partial charge in [0.1, 0.15) is 0 Å². The molecule has 0 bridgehead atoms. The van der Waals surface area contributed by atoms with Crippen LogP contribution in [-0.2, 0) is 11.2 Å². The summed E-state index contributed by atoms with van der Waals surface area (Å²) in [5.74, 6) is -0.740. The van der Waals surface area contributed by atoms with Crippen molar-refractivity contribution in [2.24, 2.45) is 5.73 Å². The third-order valence-corrected chi connectivity index (χ3v) is 2.67. The largest absolute Gasteiger partial charge is 0.366 e. The Hall–Kier alpha value is -2.62. The summed E-state index contributed by atoms with van der Waals surface area (Å²) in [5.41, 5.74) is 6.92. The van der Waals surface area contributed by atoms with Gasteiger partial charge in [-0.15, -0.1) is 0 Å². The summed E-state index contributed by atoms with van der Waals surface area (Å²) in [4.78, 5) is 23.1. The van der Waals surface area contributed by atoms with Crippen molar-refractivity contribution in [1.29, 1.82) is 0 Å². The zero-order chi connectivity index (χ0) is 13.7. The van der Waals surface area contributed by atoms with E-state index in [2.05, 4.69) is 5.32 Å². The molecule has 2 aromatic carbocycles. The summed E-state index contributed by atoms with van der Waals surface area (Å²) in [5, 5.41) is 2.70. The van der Waals surface area contributed by atoms with Gasteiger partial charge in [-0.1, -0.05) is 42.5 Å². The molecule has 3 N–H and O–H groups in total. The van der Waals surface area contributed by atoms with Gasteiger partial charge in [0.2, 0.25) is 5.91 Å². The molecule has 0 unspecified atom stereocenters. The van der Waals surface area contributed by atoms with Crippen LogP contribution < -0.4 is 11.1 Å². The summed E-state index contributed by atoms with van der Waals surface area (Å²) < 4.78 is 0. The third-order valence-electron chi connectivity index (χ3n) is 2.67. The predicted molar refractivity (Wildman–Crippen MR) is 73.7 cm³/mol. The summed E-state index contributed by atoms with van der Waals surface area (Å²) >= 11 is 0.